The quantitative estimate of drug-likeness (QED) is 0.736. The molecule has 1 saturated heterocycles. The molecule has 1 aliphatic rings. The summed E-state index contributed by atoms with van der Waals surface area (Å²) < 4.78 is 0. The van der Waals surface area contributed by atoms with Crippen molar-refractivity contribution >= 4 is 46.1 Å². The third-order valence-corrected chi connectivity index (χ3v) is 3.96. The number of rotatable bonds is 2. The molecule has 3 heterocycles. The Morgan fingerprint density at radius 2 is 2.29 bits per heavy atom. The Hall–Kier alpha value is -1.73. The van der Waals surface area contributed by atoms with E-state index < -0.39 is 6.09 Å². The van der Waals surface area contributed by atoms with E-state index in [0.717, 1.165) is 12.8 Å². The van der Waals surface area contributed by atoms with Gasteiger partial charge in [0.1, 0.15) is 11.5 Å². The number of aromatic nitrogens is 3. The summed E-state index contributed by atoms with van der Waals surface area (Å²) in [5, 5.41) is 13.6. The van der Waals surface area contributed by atoms with Gasteiger partial charge in [0.15, 0.2) is 0 Å². The van der Waals surface area contributed by atoms with Gasteiger partial charge in [-0.05, 0) is 24.4 Å². The summed E-state index contributed by atoms with van der Waals surface area (Å²) >= 11 is 12.0. The first kappa shape index (κ1) is 14.2. The van der Waals surface area contributed by atoms with Gasteiger partial charge < -0.3 is 20.3 Å². The average molecular weight is 330 g/mol. The number of nitrogens with one attached hydrogen (secondary N) is 2. The maximum absolute atomic E-state index is 11.1. The molecule has 2 aromatic rings. The monoisotopic (exact) mass is 329 g/mol. The zero-order valence-electron chi connectivity index (χ0n) is 10.9. The molecule has 1 amide bonds. The maximum atomic E-state index is 11.1. The van der Waals surface area contributed by atoms with E-state index in [9.17, 15) is 4.79 Å². The van der Waals surface area contributed by atoms with Crippen LogP contribution in [0.15, 0.2) is 6.20 Å². The summed E-state index contributed by atoms with van der Waals surface area (Å²) in [5.41, 5.74) is 0.549. The Kier molecular flexibility index (Phi) is 3.77. The van der Waals surface area contributed by atoms with Crippen LogP contribution in [0.2, 0.25) is 10.3 Å². The molecular weight excluding hydrogens is 317 g/mol. The molecule has 0 aliphatic carbocycles. The average Bonchev–Trinajstić information content (AvgIpc) is 2.80. The van der Waals surface area contributed by atoms with E-state index in [-0.39, 0.29) is 11.3 Å². The second-order valence-electron chi connectivity index (χ2n) is 4.91. The van der Waals surface area contributed by atoms with E-state index in [1.54, 1.807) is 6.20 Å². The standard InChI is InChI=1S/C12H13Cl2N5O2/c13-7-4-15-9-8(7)10(18-11(14)17-9)16-6-2-1-3-19(5-6)12(20)21/h4,6H,1-3,5H2,(H,20,21)(H2,15,16,17,18)/t6-/m1/s1. The van der Waals surface area contributed by atoms with E-state index in [1.807, 2.05) is 0 Å². The first-order chi connectivity index (χ1) is 10.0. The van der Waals surface area contributed by atoms with Crippen molar-refractivity contribution in [2.24, 2.45) is 0 Å². The number of carboxylic acid groups (broad SMARTS) is 1. The smallest absolute Gasteiger partial charge is 0.407 e. The molecule has 112 valence electrons. The van der Waals surface area contributed by atoms with E-state index in [1.165, 1.54) is 4.90 Å². The van der Waals surface area contributed by atoms with Gasteiger partial charge in [0.2, 0.25) is 5.28 Å². The molecule has 3 N–H and O–H groups in total. The summed E-state index contributed by atoms with van der Waals surface area (Å²) in [6.07, 6.45) is 2.36. The first-order valence-electron chi connectivity index (χ1n) is 6.49. The first-order valence-corrected chi connectivity index (χ1v) is 7.24. The molecule has 3 rings (SSSR count). The highest BCUT2D eigenvalue weighted by molar-refractivity contribution is 6.36. The predicted molar refractivity (Wildman–Crippen MR) is 80.2 cm³/mol. The summed E-state index contributed by atoms with van der Waals surface area (Å²) in [5.74, 6) is 0.522. The molecule has 1 atom stereocenters. The van der Waals surface area contributed by atoms with Gasteiger partial charge in [-0.25, -0.2) is 4.79 Å². The fourth-order valence-electron chi connectivity index (χ4n) is 2.53. The summed E-state index contributed by atoms with van der Waals surface area (Å²) in [6, 6.07) is -0.0324. The van der Waals surface area contributed by atoms with Gasteiger partial charge in [-0.1, -0.05) is 11.6 Å². The topological polar surface area (TPSA) is 94.1 Å². The van der Waals surface area contributed by atoms with Crippen molar-refractivity contribution in [1.29, 1.82) is 0 Å². The summed E-state index contributed by atoms with van der Waals surface area (Å²) in [4.78, 5) is 23.6. The lowest BCUT2D eigenvalue weighted by Gasteiger charge is -2.31. The lowest BCUT2D eigenvalue weighted by Crippen LogP contribution is -2.44. The zero-order chi connectivity index (χ0) is 15.0. The van der Waals surface area contributed by atoms with Crippen molar-refractivity contribution in [2.75, 3.05) is 18.4 Å². The molecule has 0 radical (unpaired) electrons. The summed E-state index contributed by atoms with van der Waals surface area (Å²) in [6.45, 7) is 0.957. The highest BCUT2D eigenvalue weighted by atomic mass is 35.5. The van der Waals surface area contributed by atoms with Crippen LogP contribution in [-0.2, 0) is 0 Å². The number of likely N-dealkylation sites (tertiary alicyclic amines) is 1. The van der Waals surface area contributed by atoms with Crippen molar-refractivity contribution < 1.29 is 9.90 Å². The zero-order valence-corrected chi connectivity index (χ0v) is 12.4. The number of nitrogens with zero attached hydrogens (tertiary/aromatic N) is 3. The van der Waals surface area contributed by atoms with Crippen LogP contribution in [0.3, 0.4) is 0 Å². The molecule has 2 aromatic heterocycles. The minimum absolute atomic E-state index is 0.0324. The normalized spacial score (nSPS) is 19.0. The predicted octanol–water partition coefficient (Wildman–Crippen LogP) is 2.82. The highest BCUT2D eigenvalue weighted by Gasteiger charge is 2.24. The van der Waals surface area contributed by atoms with Crippen molar-refractivity contribution in [1.82, 2.24) is 19.9 Å². The van der Waals surface area contributed by atoms with Crippen LogP contribution in [-0.4, -0.2) is 50.2 Å². The van der Waals surface area contributed by atoms with Crippen LogP contribution in [0.25, 0.3) is 11.0 Å². The lowest BCUT2D eigenvalue weighted by atomic mass is 10.1. The number of piperidine rings is 1. The van der Waals surface area contributed by atoms with E-state index >= 15 is 0 Å². The van der Waals surface area contributed by atoms with Crippen LogP contribution >= 0.6 is 23.2 Å². The third kappa shape index (κ3) is 2.84. The molecule has 21 heavy (non-hydrogen) atoms. The third-order valence-electron chi connectivity index (χ3n) is 3.49. The maximum Gasteiger partial charge on any atom is 0.407 e. The number of H-pyrrole nitrogens is 1. The SMILES string of the molecule is O=C(O)N1CCC[C@@H](Nc2nc(Cl)nc3[nH]cc(Cl)c23)C1. The van der Waals surface area contributed by atoms with Crippen molar-refractivity contribution in [3.05, 3.63) is 16.5 Å². The number of carbonyl (C=O) groups is 1. The van der Waals surface area contributed by atoms with Crippen LogP contribution in [0, 0.1) is 0 Å². The van der Waals surface area contributed by atoms with Gasteiger partial charge in [-0.15, -0.1) is 0 Å². The Bertz CT molecular complexity index is 690. The van der Waals surface area contributed by atoms with E-state index in [4.69, 9.17) is 28.3 Å². The van der Waals surface area contributed by atoms with Gasteiger partial charge in [0.05, 0.1) is 10.4 Å². The molecule has 1 fully saturated rings. The molecule has 7 nitrogen and oxygen atoms in total. The molecule has 0 saturated carbocycles. The molecule has 0 unspecified atom stereocenters. The molecule has 9 heteroatoms. The van der Waals surface area contributed by atoms with Crippen LogP contribution in [0.5, 0.6) is 0 Å². The fraction of sp³-hybridized carbons (Fsp3) is 0.417. The number of hydrogen-bond donors (Lipinski definition) is 3. The Labute approximate surface area is 130 Å². The number of halogens is 2. The van der Waals surface area contributed by atoms with E-state index in [0.29, 0.717) is 35.0 Å². The number of anilines is 1. The second kappa shape index (κ2) is 5.57. The summed E-state index contributed by atoms with van der Waals surface area (Å²) in [7, 11) is 0. The van der Waals surface area contributed by atoms with Crippen LogP contribution in [0.4, 0.5) is 10.6 Å². The molecule has 0 bridgehead atoms. The number of fused-ring (bicyclic) bond motifs is 1. The Balaban J connectivity index is 1.87. The van der Waals surface area contributed by atoms with E-state index in [2.05, 4.69) is 20.3 Å². The Morgan fingerprint density at radius 1 is 1.48 bits per heavy atom. The second-order valence-corrected chi connectivity index (χ2v) is 5.66. The van der Waals surface area contributed by atoms with Crippen LogP contribution < -0.4 is 5.32 Å². The van der Waals surface area contributed by atoms with Crippen molar-refractivity contribution in [3.8, 4) is 0 Å². The number of hydrogen-bond acceptors (Lipinski definition) is 4. The number of aromatic amines is 1. The van der Waals surface area contributed by atoms with Crippen LogP contribution in [0.1, 0.15) is 12.8 Å². The highest BCUT2D eigenvalue weighted by Crippen LogP contribution is 2.30. The van der Waals surface area contributed by atoms with Gasteiger partial charge in [-0.2, -0.15) is 9.97 Å². The molecule has 1 aliphatic heterocycles. The minimum Gasteiger partial charge on any atom is -0.465 e. The Morgan fingerprint density at radius 3 is 3.05 bits per heavy atom. The molecule has 0 spiro atoms. The molecule has 0 aromatic carbocycles. The largest absolute Gasteiger partial charge is 0.465 e. The number of amides is 1. The fourth-order valence-corrected chi connectivity index (χ4v) is 2.94. The minimum atomic E-state index is -0.910. The van der Waals surface area contributed by atoms with Gasteiger partial charge in [-0.3, -0.25) is 0 Å². The van der Waals surface area contributed by atoms with Gasteiger partial charge in [0, 0.05) is 25.3 Å². The molecular formula is C12H13Cl2N5O2. The van der Waals surface area contributed by atoms with Gasteiger partial charge in [0.25, 0.3) is 0 Å². The lowest BCUT2D eigenvalue weighted by molar-refractivity contribution is 0.133. The van der Waals surface area contributed by atoms with Crippen molar-refractivity contribution in [2.45, 2.75) is 18.9 Å². The van der Waals surface area contributed by atoms with Gasteiger partial charge >= 0.3 is 6.09 Å². The van der Waals surface area contributed by atoms with Crippen molar-refractivity contribution in [3.63, 3.8) is 0 Å².